The Labute approximate surface area is 147 Å². The van der Waals surface area contributed by atoms with Crippen LogP contribution in [0.25, 0.3) is 0 Å². The molecule has 0 fully saturated rings. The van der Waals surface area contributed by atoms with E-state index in [2.05, 4.69) is 5.32 Å². The summed E-state index contributed by atoms with van der Waals surface area (Å²) in [6.45, 7) is 2.32. The highest BCUT2D eigenvalue weighted by Gasteiger charge is 2.17. The van der Waals surface area contributed by atoms with Crippen molar-refractivity contribution in [2.24, 2.45) is 0 Å². The highest BCUT2D eigenvalue weighted by Crippen LogP contribution is 2.28. The number of nitrogens with zero attached hydrogens (tertiary/aromatic N) is 1. The molecule has 0 heterocycles. The monoisotopic (exact) mass is 342 g/mol. The molecule has 0 aliphatic carbocycles. The fourth-order valence-electron chi connectivity index (χ4n) is 2.30. The predicted octanol–water partition coefficient (Wildman–Crippen LogP) is 2.80. The summed E-state index contributed by atoms with van der Waals surface area (Å²) >= 11 is 0. The van der Waals surface area contributed by atoms with Crippen LogP contribution in [0.2, 0.25) is 0 Å². The molecule has 0 aromatic heterocycles. The summed E-state index contributed by atoms with van der Waals surface area (Å²) in [4.78, 5) is 25.9. The van der Waals surface area contributed by atoms with E-state index >= 15 is 0 Å². The zero-order valence-electron chi connectivity index (χ0n) is 14.6. The summed E-state index contributed by atoms with van der Waals surface area (Å²) in [6, 6.07) is 14.1. The first kappa shape index (κ1) is 18.3. The minimum Gasteiger partial charge on any atom is -0.493 e. The first-order chi connectivity index (χ1) is 12.0. The number of nitrogens with one attached hydrogen (secondary N) is 1. The lowest BCUT2D eigenvalue weighted by Crippen LogP contribution is -2.34. The third-order valence-electron chi connectivity index (χ3n) is 3.50. The topological polar surface area (TPSA) is 67.9 Å². The number of rotatable bonds is 7. The van der Waals surface area contributed by atoms with Gasteiger partial charge in [-0.25, -0.2) is 0 Å². The Morgan fingerprint density at radius 3 is 2.44 bits per heavy atom. The Kier molecular flexibility index (Phi) is 6.39. The Bertz CT molecular complexity index is 731. The average molecular weight is 342 g/mol. The van der Waals surface area contributed by atoms with E-state index in [0.29, 0.717) is 29.4 Å². The van der Waals surface area contributed by atoms with Gasteiger partial charge in [0.2, 0.25) is 5.91 Å². The average Bonchev–Trinajstić information content (AvgIpc) is 2.62. The van der Waals surface area contributed by atoms with Crippen LogP contribution in [0, 0.1) is 0 Å². The van der Waals surface area contributed by atoms with Crippen molar-refractivity contribution in [1.82, 2.24) is 4.90 Å². The number of carbonyl (C=O) groups is 2. The number of likely N-dealkylation sites (N-methyl/N-ethyl adjacent to an activating group) is 1. The summed E-state index contributed by atoms with van der Waals surface area (Å²) in [5.41, 5.74) is 1.12. The summed E-state index contributed by atoms with van der Waals surface area (Å²) in [7, 11) is 3.10. The Morgan fingerprint density at radius 1 is 1.08 bits per heavy atom. The van der Waals surface area contributed by atoms with Crippen molar-refractivity contribution in [1.29, 1.82) is 0 Å². The Morgan fingerprint density at radius 2 is 1.80 bits per heavy atom. The van der Waals surface area contributed by atoms with Gasteiger partial charge in [0.05, 0.1) is 20.3 Å². The predicted molar refractivity (Wildman–Crippen MR) is 96.2 cm³/mol. The Hall–Kier alpha value is -3.02. The van der Waals surface area contributed by atoms with Crippen LogP contribution >= 0.6 is 0 Å². The molecule has 2 aromatic carbocycles. The van der Waals surface area contributed by atoms with Crippen LogP contribution in [-0.4, -0.2) is 44.0 Å². The molecule has 2 aromatic rings. The second-order valence-corrected chi connectivity index (χ2v) is 5.37. The summed E-state index contributed by atoms with van der Waals surface area (Å²) in [5.74, 6) is 0.519. The molecule has 0 unspecified atom stereocenters. The number of ether oxygens (including phenoxy) is 2. The molecule has 0 saturated heterocycles. The molecule has 0 aliphatic heterocycles. The van der Waals surface area contributed by atoms with Crippen molar-refractivity contribution in [3.05, 3.63) is 54.1 Å². The first-order valence-electron chi connectivity index (χ1n) is 7.96. The molecule has 0 atom stereocenters. The molecule has 2 rings (SSSR count). The molecule has 6 heteroatoms. The van der Waals surface area contributed by atoms with Crippen LogP contribution in [0.3, 0.4) is 0 Å². The molecule has 1 N–H and O–H groups in total. The minimum absolute atomic E-state index is 0.0523. The van der Waals surface area contributed by atoms with Crippen molar-refractivity contribution >= 4 is 17.5 Å². The molecule has 0 bridgehead atoms. The number of carbonyl (C=O) groups excluding carboxylic acids is 2. The highest BCUT2D eigenvalue weighted by atomic mass is 16.5. The maximum Gasteiger partial charge on any atom is 0.254 e. The summed E-state index contributed by atoms with van der Waals surface area (Å²) < 4.78 is 10.7. The lowest BCUT2D eigenvalue weighted by Gasteiger charge is -2.18. The number of methoxy groups -OCH3 is 1. The van der Waals surface area contributed by atoms with Crippen molar-refractivity contribution < 1.29 is 19.1 Å². The second-order valence-electron chi connectivity index (χ2n) is 5.37. The van der Waals surface area contributed by atoms with Gasteiger partial charge in [0.25, 0.3) is 5.91 Å². The van der Waals surface area contributed by atoms with Crippen molar-refractivity contribution in [3.8, 4) is 11.5 Å². The van der Waals surface area contributed by atoms with Gasteiger partial charge in [-0.05, 0) is 37.3 Å². The number of hydrogen-bond donors (Lipinski definition) is 1. The van der Waals surface area contributed by atoms with Gasteiger partial charge in [-0.15, -0.1) is 0 Å². The van der Waals surface area contributed by atoms with Crippen LogP contribution in [0.4, 0.5) is 5.69 Å². The molecule has 0 radical (unpaired) electrons. The molecule has 25 heavy (non-hydrogen) atoms. The molecule has 0 spiro atoms. The number of amides is 2. The molecule has 132 valence electrons. The third-order valence-corrected chi connectivity index (χ3v) is 3.50. The summed E-state index contributed by atoms with van der Waals surface area (Å²) in [6.07, 6.45) is 0. The van der Waals surface area contributed by atoms with Crippen molar-refractivity contribution in [2.45, 2.75) is 6.92 Å². The zero-order valence-corrected chi connectivity index (χ0v) is 14.6. The molecular weight excluding hydrogens is 320 g/mol. The second kappa shape index (κ2) is 8.73. The fraction of sp³-hybridized carbons (Fsp3) is 0.263. The van der Waals surface area contributed by atoms with E-state index in [1.54, 1.807) is 37.4 Å². The molecule has 2 amide bonds. The van der Waals surface area contributed by atoms with Crippen LogP contribution in [0.1, 0.15) is 17.3 Å². The Balaban J connectivity index is 2.02. The van der Waals surface area contributed by atoms with E-state index in [1.165, 1.54) is 12.0 Å². The highest BCUT2D eigenvalue weighted by molar-refractivity contribution is 5.99. The lowest BCUT2D eigenvalue weighted by atomic mass is 10.1. The number of anilines is 1. The minimum atomic E-state index is -0.274. The van der Waals surface area contributed by atoms with Gasteiger partial charge in [-0.2, -0.15) is 0 Å². The molecular formula is C19H22N2O4. The van der Waals surface area contributed by atoms with Crippen molar-refractivity contribution in [3.63, 3.8) is 0 Å². The van der Waals surface area contributed by atoms with E-state index < -0.39 is 0 Å². The fourth-order valence-corrected chi connectivity index (χ4v) is 2.30. The van der Waals surface area contributed by atoms with E-state index in [0.717, 1.165) is 0 Å². The van der Waals surface area contributed by atoms with Crippen LogP contribution in [0.15, 0.2) is 48.5 Å². The maximum atomic E-state index is 12.5. The number of para-hydroxylation sites is 1. The SMILES string of the molecule is CCOc1ccc(C(=O)N(C)CC(=O)Nc2ccccc2)cc1OC. The van der Waals surface area contributed by atoms with Gasteiger partial charge in [0.1, 0.15) is 0 Å². The normalized spacial score (nSPS) is 10.0. The van der Waals surface area contributed by atoms with Crippen molar-refractivity contribution in [2.75, 3.05) is 32.6 Å². The smallest absolute Gasteiger partial charge is 0.254 e. The largest absolute Gasteiger partial charge is 0.493 e. The lowest BCUT2D eigenvalue weighted by molar-refractivity contribution is -0.116. The van der Waals surface area contributed by atoms with Gasteiger partial charge in [0, 0.05) is 18.3 Å². The van der Waals surface area contributed by atoms with Gasteiger partial charge >= 0.3 is 0 Å². The van der Waals surface area contributed by atoms with Crippen LogP contribution in [-0.2, 0) is 4.79 Å². The van der Waals surface area contributed by atoms with Gasteiger partial charge in [-0.1, -0.05) is 18.2 Å². The molecule has 0 aliphatic rings. The standard InChI is InChI=1S/C19H22N2O4/c1-4-25-16-11-10-14(12-17(16)24-3)19(23)21(2)13-18(22)20-15-8-6-5-7-9-15/h5-12H,4,13H2,1-3H3,(H,20,22). The van der Waals surface area contributed by atoms with Crippen LogP contribution < -0.4 is 14.8 Å². The third kappa shape index (κ3) is 4.97. The van der Waals surface area contributed by atoms with Gasteiger partial charge in [-0.3, -0.25) is 9.59 Å². The quantitative estimate of drug-likeness (QED) is 0.840. The summed E-state index contributed by atoms with van der Waals surface area (Å²) in [5, 5.41) is 2.75. The van der Waals surface area contributed by atoms with E-state index in [9.17, 15) is 9.59 Å². The maximum absolute atomic E-state index is 12.5. The molecule has 0 saturated carbocycles. The zero-order chi connectivity index (χ0) is 18.2. The van der Waals surface area contributed by atoms with Gasteiger partial charge < -0.3 is 19.7 Å². The van der Waals surface area contributed by atoms with Crippen LogP contribution in [0.5, 0.6) is 11.5 Å². The molecule has 6 nitrogen and oxygen atoms in total. The van der Waals surface area contributed by atoms with E-state index in [4.69, 9.17) is 9.47 Å². The van der Waals surface area contributed by atoms with E-state index in [1.807, 2.05) is 25.1 Å². The first-order valence-corrected chi connectivity index (χ1v) is 7.96. The number of hydrogen-bond acceptors (Lipinski definition) is 4. The van der Waals surface area contributed by atoms with E-state index in [-0.39, 0.29) is 18.4 Å². The number of benzene rings is 2. The van der Waals surface area contributed by atoms with Gasteiger partial charge in [0.15, 0.2) is 11.5 Å².